The van der Waals surface area contributed by atoms with Crippen LogP contribution in [0.4, 0.5) is 0 Å². The van der Waals surface area contributed by atoms with Crippen LogP contribution < -0.4 is 0 Å². The van der Waals surface area contributed by atoms with E-state index in [4.69, 9.17) is 11.6 Å². The third-order valence-electron chi connectivity index (χ3n) is 4.00. The summed E-state index contributed by atoms with van der Waals surface area (Å²) in [7, 11) is 0. The lowest BCUT2D eigenvalue weighted by Gasteiger charge is -2.48. The van der Waals surface area contributed by atoms with Gasteiger partial charge in [-0.05, 0) is 25.8 Å². The second-order valence-electron chi connectivity index (χ2n) is 5.15. The summed E-state index contributed by atoms with van der Waals surface area (Å²) < 4.78 is 0. The van der Waals surface area contributed by atoms with E-state index in [1.165, 1.54) is 45.3 Å². The smallest absolute Gasteiger partial charge is 0.0339 e. The van der Waals surface area contributed by atoms with Gasteiger partial charge in [-0.2, -0.15) is 0 Å². The molecule has 0 amide bonds. The van der Waals surface area contributed by atoms with Crippen molar-refractivity contribution in [3.8, 4) is 0 Å². The zero-order valence-corrected chi connectivity index (χ0v) is 11.0. The van der Waals surface area contributed by atoms with Crippen molar-refractivity contribution < 1.29 is 0 Å². The SMILES string of the molecule is C=C(Cl)CN1CC2CCCCN2CC1CC. The molecule has 16 heavy (non-hydrogen) atoms. The highest BCUT2D eigenvalue weighted by atomic mass is 35.5. The molecule has 2 fully saturated rings. The monoisotopic (exact) mass is 242 g/mol. The van der Waals surface area contributed by atoms with Crippen LogP contribution in [0.1, 0.15) is 32.6 Å². The maximum absolute atomic E-state index is 5.96. The molecule has 2 atom stereocenters. The van der Waals surface area contributed by atoms with Crippen LogP contribution >= 0.6 is 11.6 Å². The van der Waals surface area contributed by atoms with Crippen molar-refractivity contribution in [3.63, 3.8) is 0 Å². The molecule has 3 heteroatoms. The molecule has 0 radical (unpaired) electrons. The van der Waals surface area contributed by atoms with Crippen LogP contribution in [0.5, 0.6) is 0 Å². The number of piperidine rings is 1. The molecule has 2 rings (SSSR count). The summed E-state index contributed by atoms with van der Waals surface area (Å²) in [4.78, 5) is 5.22. The third kappa shape index (κ3) is 2.79. The van der Waals surface area contributed by atoms with Crippen molar-refractivity contribution in [2.75, 3.05) is 26.2 Å². The minimum Gasteiger partial charge on any atom is -0.298 e. The summed E-state index contributed by atoms with van der Waals surface area (Å²) >= 11 is 5.96. The first kappa shape index (κ1) is 12.4. The zero-order valence-electron chi connectivity index (χ0n) is 10.3. The van der Waals surface area contributed by atoms with Gasteiger partial charge < -0.3 is 0 Å². The molecule has 0 aromatic carbocycles. The Kier molecular flexibility index (Phi) is 4.28. The van der Waals surface area contributed by atoms with E-state index in [-0.39, 0.29) is 0 Å². The quantitative estimate of drug-likeness (QED) is 0.751. The van der Waals surface area contributed by atoms with Crippen LogP contribution in [0.25, 0.3) is 0 Å². The summed E-state index contributed by atoms with van der Waals surface area (Å²) in [6.45, 7) is 10.7. The minimum absolute atomic E-state index is 0.671. The Bertz CT molecular complexity index is 254. The van der Waals surface area contributed by atoms with E-state index in [2.05, 4.69) is 23.3 Å². The van der Waals surface area contributed by atoms with Crippen LogP contribution in [-0.2, 0) is 0 Å². The molecule has 2 saturated heterocycles. The number of fused-ring (bicyclic) bond motifs is 1. The van der Waals surface area contributed by atoms with Gasteiger partial charge in [0, 0.05) is 36.8 Å². The maximum Gasteiger partial charge on any atom is 0.0339 e. The zero-order chi connectivity index (χ0) is 11.5. The Labute approximate surface area is 104 Å². The van der Waals surface area contributed by atoms with E-state index in [1.54, 1.807) is 0 Å². The van der Waals surface area contributed by atoms with Gasteiger partial charge in [-0.15, -0.1) is 0 Å². The topological polar surface area (TPSA) is 6.48 Å². The Morgan fingerprint density at radius 1 is 1.38 bits per heavy atom. The van der Waals surface area contributed by atoms with Crippen molar-refractivity contribution in [2.24, 2.45) is 0 Å². The molecule has 2 aliphatic rings. The molecular weight excluding hydrogens is 220 g/mol. The second kappa shape index (κ2) is 5.52. The summed E-state index contributed by atoms with van der Waals surface area (Å²) in [5.41, 5.74) is 0. The van der Waals surface area contributed by atoms with Gasteiger partial charge in [0.05, 0.1) is 0 Å². The lowest BCUT2D eigenvalue weighted by atomic mass is 9.96. The molecule has 2 nitrogen and oxygen atoms in total. The first-order valence-electron chi connectivity index (χ1n) is 6.52. The van der Waals surface area contributed by atoms with Crippen LogP contribution in [0.15, 0.2) is 11.6 Å². The van der Waals surface area contributed by atoms with Gasteiger partial charge in [-0.3, -0.25) is 9.80 Å². The number of piperazine rings is 1. The lowest BCUT2D eigenvalue weighted by molar-refractivity contribution is 0.0134. The van der Waals surface area contributed by atoms with E-state index >= 15 is 0 Å². The number of hydrogen-bond donors (Lipinski definition) is 0. The van der Waals surface area contributed by atoms with E-state index < -0.39 is 0 Å². The molecule has 0 aliphatic carbocycles. The van der Waals surface area contributed by atoms with Gasteiger partial charge in [0.1, 0.15) is 0 Å². The van der Waals surface area contributed by atoms with E-state index in [1.807, 2.05) is 0 Å². The Balaban J connectivity index is 1.99. The highest BCUT2D eigenvalue weighted by Gasteiger charge is 2.33. The van der Waals surface area contributed by atoms with Gasteiger partial charge in [0.2, 0.25) is 0 Å². The van der Waals surface area contributed by atoms with Crippen molar-refractivity contribution in [3.05, 3.63) is 11.6 Å². The molecular formula is C13H23ClN2. The molecule has 2 heterocycles. The molecule has 0 N–H and O–H groups in total. The highest BCUT2D eigenvalue weighted by Crippen LogP contribution is 2.25. The average Bonchev–Trinajstić information content (AvgIpc) is 2.27. The number of hydrogen-bond acceptors (Lipinski definition) is 2. The van der Waals surface area contributed by atoms with Crippen LogP contribution in [-0.4, -0.2) is 48.1 Å². The molecule has 2 unspecified atom stereocenters. The van der Waals surface area contributed by atoms with Crippen molar-refractivity contribution in [2.45, 2.75) is 44.7 Å². The molecule has 0 aromatic rings. The fraction of sp³-hybridized carbons (Fsp3) is 0.846. The summed E-state index contributed by atoms with van der Waals surface area (Å²) in [5.74, 6) is 0. The average molecular weight is 243 g/mol. The van der Waals surface area contributed by atoms with Gasteiger partial charge in [0.25, 0.3) is 0 Å². The van der Waals surface area contributed by atoms with Crippen molar-refractivity contribution >= 4 is 11.6 Å². The van der Waals surface area contributed by atoms with Crippen LogP contribution in [0.2, 0.25) is 0 Å². The molecule has 0 saturated carbocycles. The number of rotatable bonds is 3. The van der Waals surface area contributed by atoms with Gasteiger partial charge in [0.15, 0.2) is 0 Å². The summed E-state index contributed by atoms with van der Waals surface area (Å²) in [5, 5.41) is 0.780. The van der Waals surface area contributed by atoms with Crippen LogP contribution in [0, 0.1) is 0 Å². The van der Waals surface area contributed by atoms with Crippen molar-refractivity contribution in [1.29, 1.82) is 0 Å². The predicted octanol–water partition coefficient (Wildman–Crippen LogP) is 2.69. The summed E-state index contributed by atoms with van der Waals surface area (Å²) in [6.07, 6.45) is 5.36. The summed E-state index contributed by atoms with van der Waals surface area (Å²) in [6, 6.07) is 1.44. The van der Waals surface area contributed by atoms with Gasteiger partial charge >= 0.3 is 0 Å². The van der Waals surface area contributed by atoms with E-state index in [0.717, 1.165) is 17.6 Å². The lowest BCUT2D eigenvalue weighted by Crippen LogP contribution is -2.59. The Morgan fingerprint density at radius 3 is 2.88 bits per heavy atom. The molecule has 0 aromatic heterocycles. The standard InChI is InChI=1S/C13H23ClN2/c1-3-12-9-15-7-5-4-6-13(15)10-16(12)8-11(2)14/h12-13H,2-10H2,1H3. The first-order chi connectivity index (χ1) is 7.70. The van der Waals surface area contributed by atoms with Gasteiger partial charge in [-0.25, -0.2) is 0 Å². The first-order valence-corrected chi connectivity index (χ1v) is 6.90. The van der Waals surface area contributed by atoms with Crippen LogP contribution in [0.3, 0.4) is 0 Å². The maximum atomic E-state index is 5.96. The second-order valence-corrected chi connectivity index (χ2v) is 5.69. The number of halogens is 1. The van der Waals surface area contributed by atoms with E-state index in [9.17, 15) is 0 Å². The molecule has 92 valence electrons. The molecule has 0 spiro atoms. The Hall–Kier alpha value is -0.0500. The largest absolute Gasteiger partial charge is 0.298 e. The normalized spacial score (nSPS) is 32.4. The fourth-order valence-corrected chi connectivity index (χ4v) is 3.27. The predicted molar refractivity (Wildman–Crippen MR) is 69.9 cm³/mol. The fourth-order valence-electron chi connectivity index (χ4n) is 3.11. The molecule has 0 bridgehead atoms. The third-order valence-corrected chi connectivity index (χ3v) is 4.12. The van der Waals surface area contributed by atoms with E-state index in [0.29, 0.717) is 6.04 Å². The van der Waals surface area contributed by atoms with Crippen molar-refractivity contribution in [1.82, 2.24) is 9.80 Å². The number of nitrogens with zero attached hydrogens (tertiary/aromatic N) is 2. The minimum atomic E-state index is 0.671. The Morgan fingerprint density at radius 2 is 2.19 bits per heavy atom. The highest BCUT2D eigenvalue weighted by molar-refractivity contribution is 6.29. The molecule has 2 aliphatic heterocycles. The van der Waals surface area contributed by atoms with Gasteiger partial charge in [-0.1, -0.05) is 31.5 Å².